The van der Waals surface area contributed by atoms with E-state index in [1.165, 1.54) is 11.1 Å². The van der Waals surface area contributed by atoms with Crippen LogP contribution in [0.25, 0.3) is 0 Å². The topological polar surface area (TPSA) is 43.7 Å². The van der Waals surface area contributed by atoms with Crippen LogP contribution < -0.4 is 0 Å². The highest BCUT2D eigenvalue weighted by Crippen LogP contribution is 2.42. The van der Waals surface area contributed by atoms with Crippen LogP contribution >= 0.6 is 0 Å². The third kappa shape index (κ3) is 2.61. The average Bonchev–Trinajstić information content (AvgIpc) is 2.50. The molecule has 0 aliphatic carbocycles. The molecule has 0 bridgehead atoms. The molecule has 2 aromatic carbocycles. The molecule has 3 rings (SSSR count). The highest BCUT2D eigenvalue weighted by molar-refractivity contribution is 5.43. The molecule has 3 nitrogen and oxygen atoms in total. The van der Waals surface area contributed by atoms with E-state index in [1.54, 1.807) is 24.3 Å². The van der Waals surface area contributed by atoms with E-state index < -0.39 is 0 Å². The molecule has 1 saturated heterocycles. The van der Waals surface area contributed by atoms with E-state index in [2.05, 4.69) is 11.9 Å². The maximum atomic E-state index is 9.55. The number of hydrogen-bond donors (Lipinski definition) is 2. The number of benzene rings is 2. The summed E-state index contributed by atoms with van der Waals surface area (Å²) in [6.45, 7) is 2.09. The van der Waals surface area contributed by atoms with Gasteiger partial charge < -0.3 is 15.1 Å². The van der Waals surface area contributed by atoms with Crippen LogP contribution in [0.15, 0.2) is 48.5 Å². The number of rotatable bonds is 2. The molecule has 0 saturated carbocycles. The average molecular weight is 283 g/mol. The Labute approximate surface area is 125 Å². The largest absolute Gasteiger partial charge is 0.508 e. The Morgan fingerprint density at radius 3 is 1.52 bits per heavy atom. The number of hydrogen-bond acceptors (Lipinski definition) is 3. The van der Waals surface area contributed by atoms with Crippen LogP contribution in [0, 0.1) is 0 Å². The van der Waals surface area contributed by atoms with Crippen LogP contribution in [0.1, 0.15) is 24.0 Å². The molecule has 0 amide bonds. The fourth-order valence-electron chi connectivity index (χ4n) is 3.31. The van der Waals surface area contributed by atoms with E-state index >= 15 is 0 Å². The van der Waals surface area contributed by atoms with Crippen LogP contribution in [0.5, 0.6) is 11.5 Å². The van der Waals surface area contributed by atoms with E-state index in [1.807, 2.05) is 24.3 Å². The van der Waals surface area contributed by atoms with Crippen molar-refractivity contribution in [2.45, 2.75) is 18.3 Å². The Balaban J connectivity index is 2.06. The minimum Gasteiger partial charge on any atom is -0.508 e. The molecular weight excluding hydrogens is 262 g/mol. The standard InChI is InChI=1S/C18H21NO2/c1-19-12-10-18(11-13-19,14-2-6-16(20)7-3-14)15-4-8-17(21)9-5-15/h2-9,20-21H,10-13H2,1H3. The number of piperidine rings is 1. The molecule has 21 heavy (non-hydrogen) atoms. The van der Waals surface area contributed by atoms with Gasteiger partial charge in [-0.2, -0.15) is 0 Å². The van der Waals surface area contributed by atoms with Gasteiger partial charge in [0.25, 0.3) is 0 Å². The van der Waals surface area contributed by atoms with Crippen molar-refractivity contribution in [2.24, 2.45) is 0 Å². The number of nitrogens with zero attached hydrogens (tertiary/aromatic N) is 1. The van der Waals surface area contributed by atoms with Crippen molar-refractivity contribution in [1.29, 1.82) is 0 Å². The van der Waals surface area contributed by atoms with E-state index in [0.29, 0.717) is 11.5 Å². The van der Waals surface area contributed by atoms with Crippen molar-refractivity contribution in [2.75, 3.05) is 20.1 Å². The van der Waals surface area contributed by atoms with Crippen LogP contribution in [0.4, 0.5) is 0 Å². The first-order chi connectivity index (χ1) is 10.1. The molecule has 110 valence electrons. The summed E-state index contributed by atoms with van der Waals surface area (Å²) >= 11 is 0. The minimum atomic E-state index is -0.0338. The van der Waals surface area contributed by atoms with Gasteiger partial charge >= 0.3 is 0 Å². The van der Waals surface area contributed by atoms with E-state index in [0.717, 1.165) is 25.9 Å². The predicted octanol–water partition coefficient (Wildman–Crippen LogP) is 3.11. The van der Waals surface area contributed by atoms with Crippen LogP contribution in [0.2, 0.25) is 0 Å². The van der Waals surface area contributed by atoms with E-state index in [-0.39, 0.29) is 5.41 Å². The van der Waals surface area contributed by atoms with Gasteiger partial charge in [-0.1, -0.05) is 24.3 Å². The molecule has 2 N–H and O–H groups in total. The summed E-state index contributed by atoms with van der Waals surface area (Å²) in [5.74, 6) is 0.597. The lowest BCUT2D eigenvalue weighted by atomic mass is 9.68. The van der Waals surface area contributed by atoms with Crippen molar-refractivity contribution in [3.63, 3.8) is 0 Å². The zero-order valence-corrected chi connectivity index (χ0v) is 12.3. The van der Waals surface area contributed by atoms with Gasteiger partial charge in [-0.25, -0.2) is 0 Å². The summed E-state index contributed by atoms with van der Waals surface area (Å²) in [6, 6.07) is 15.1. The Morgan fingerprint density at radius 1 is 0.762 bits per heavy atom. The van der Waals surface area contributed by atoms with Crippen LogP contribution in [-0.2, 0) is 5.41 Å². The highest BCUT2D eigenvalue weighted by Gasteiger charge is 2.37. The number of likely N-dealkylation sites (tertiary alicyclic amines) is 1. The minimum absolute atomic E-state index is 0.0338. The highest BCUT2D eigenvalue weighted by atomic mass is 16.3. The summed E-state index contributed by atoms with van der Waals surface area (Å²) in [5, 5.41) is 19.1. The van der Waals surface area contributed by atoms with Crippen molar-refractivity contribution in [3.8, 4) is 11.5 Å². The third-order valence-corrected chi connectivity index (χ3v) is 4.68. The van der Waals surface area contributed by atoms with E-state index in [9.17, 15) is 10.2 Å². The van der Waals surface area contributed by atoms with Gasteiger partial charge in [-0.3, -0.25) is 0 Å². The maximum Gasteiger partial charge on any atom is 0.115 e. The fourth-order valence-corrected chi connectivity index (χ4v) is 3.31. The number of phenolic OH excluding ortho intramolecular Hbond substituents is 2. The van der Waals surface area contributed by atoms with Gasteiger partial charge in [0.1, 0.15) is 11.5 Å². The van der Waals surface area contributed by atoms with Gasteiger partial charge in [0.2, 0.25) is 0 Å². The lowest BCUT2D eigenvalue weighted by molar-refractivity contribution is 0.213. The first kappa shape index (κ1) is 14.0. The Morgan fingerprint density at radius 2 is 1.14 bits per heavy atom. The Kier molecular flexibility index (Phi) is 3.60. The fraction of sp³-hybridized carbons (Fsp3) is 0.333. The predicted molar refractivity (Wildman–Crippen MR) is 83.7 cm³/mol. The summed E-state index contributed by atoms with van der Waals surface area (Å²) in [5.41, 5.74) is 2.44. The molecule has 0 radical (unpaired) electrons. The number of aromatic hydroxyl groups is 2. The first-order valence-electron chi connectivity index (χ1n) is 7.38. The summed E-state index contributed by atoms with van der Waals surface area (Å²) in [6.07, 6.45) is 2.08. The van der Waals surface area contributed by atoms with Gasteiger partial charge in [0.15, 0.2) is 0 Å². The molecular formula is C18H21NO2. The molecule has 0 aromatic heterocycles. The lowest BCUT2D eigenvalue weighted by Gasteiger charge is -2.41. The zero-order valence-electron chi connectivity index (χ0n) is 12.3. The molecule has 1 aliphatic rings. The zero-order chi connectivity index (χ0) is 14.9. The van der Waals surface area contributed by atoms with Gasteiger partial charge in [0, 0.05) is 5.41 Å². The molecule has 1 heterocycles. The molecule has 3 heteroatoms. The number of phenols is 2. The van der Waals surface area contributed by atoms with Gasteiger partial charge in [-0.05, 0) is 68.4 Å². The van der Waals surface area contributed by atoms with Gasteiger partial charge in [-0.15, -0.1) is 0 Å². The van der Waals surface area contributed by atoms with Crippen molar-refractivity contribution < 1.29 is 10.2 Å². The second-order valence-corrected chi connectivity index (χ2v) is 5.98. The van der Waals surface area contributed by atoms with E-state index in [4.69, 9.17) is 0 Å². The summed E-state index contributed by atoms with van der Waals surface area (Å²) < 4.78 is 0. The molecule has 2 aromatic rings. The monoisotopic (exact) mass is 283 g/mol. The van der Waals surface area contributed by atoms with Gasteiger partial charge in [0.05, 0.1) is 0 Å². The van der Waals surface area contributed by atoms with Crippen molar-refractivity contribution in [3.05, 3.63) is 59.7 Å². The van der Waals surface area contributed by atoms with Crippen LogP contribution in [-0.4, -0.2) is 35.3 Å². The van der Waals surface area contributed by atoms with Crippen molar-refractivity contribution in [1.82, 2.24) is 4.90 Å². The summed E-state index contributed by atoms with van der Waals surface area (Å²) in [4.78, 5) is 2.35. The second kappa shape index (κ2) is 5.41. The molecule has 0 unspecified atom stereocenters. The Bertz CT molecular complexity index is 549. The van der Waals surface area contributed by atoms with Crippen molar-refractivity contribution >= 4 is 0 Å². The quantitative estimate of drug-likeness (QED) is 0.890. The molecule has 1 aliphatic heterocycles. The third-order valence-electron chi connectivity index (χ3n) is 4.68. The smallest absolute Gasteiger partial charge is 0.115 e. The Hall–Kier alpha value is -2.00. The maximum absolute atomic E-state index is 9.55. The SMILES string of the molecule is CN1CCC(c2ccc(O)cc2)(c2ccc(O)cc2)CC1. The first-order valence-corrected chi connectivity index (χ1v) is 7.38. The normalized spacial score (nSPS) is 18.5. The van der Waals surface area contributed by atoms with Crippen LogP contribution in [0.3, 0.4) is 0 Å². The lowest BCUT2D eigenvalue weighted by Crippen LogP contribution is -2.41. The summed E-state index contributed by atoms with van der Waals surface area (Å²) in [7, 11) is 2.15. The molecule has 1 fully saturated rings. The molecule has 0 spiro atoms. The second-order valence-electron chi connectivity index (χ2n) is 5.98. The molecule has 0 atom stereocenters.